The van der Waals surface area contributed by atoms with Crippen molar-refractivity contribution >= 4 is 23.0 Å². The lowest BCUT2D eigenvalue weighted by molar-refractivity contribution is -0.858. The molecule has 1 aromatic carbocycles. The van der Waals surface area contributed by atoms with Gasteiger partial charge in [0, 0.05) is 25.1 Å². The van der Waals surface area contributed by atoms with Gasteiger partial charge in [0.1, 0.15) is 0 Å². The molecule has 1 rings (SSSR count). The molecule has 0 saturated heterocycles. The molecule has 2 N–H and O–H groups in total. The van der Waals surface area contributed by atoms with Gasteiger partial charge < -0.3 is 10.2 Å². The smallest absolute Gasteiger partial charge is 0.271 e. The molecule has 5 nitrogen and oxygen atoms in total. The lowest BCUT2D eigenvalue weighted by atomic mass is 10.2. The van der Waals surface area contributed by atoms with Gasteiger partial charge in [-0.25, -0.2) is 0 Å². The summed E-state index contributed by atoms with van der Waals surface area (Å²) in [6.07, 6.45) is 1.02. The van der Waals surface area contributed by atoms with Crippen LogP contribution in [0.2, 0.25) is 5.02 Å². The van der Waals surface area contributed by atoms with Crippen molar-refractivity contribution < 1.29 is 9.82 Å². The van der Waals surface area contributed by atoms with Gasteiger partial charge >= 0.3 is 0 Å². The van der Waals surface area contributed by atoms with Crippen molar-refractivity contribution in [3.63, 3.8) is 0 Å². The summed E-state index contributed by atoms with van der Waals surface area (Å²) >= 11 is 5.94. The first-order valence-corrected chi connectivity index (χ1v) is 5.85. The van der Waals surface area contributed by atoms with E-state index in [2.05, 4.69) is 19.4 Å². The highest BCUT2D eigenvalue weighted by atomic mass is 35.5. The number of non-ortho nitro benzene ring substituents is 1. The minimum Gasteiger partial charge on any atom is -0.384 e. The minimum absolute atomic E-state index is 0.0123. The molecule has 0 aromatic heterocycles. The quantitative estimate of drug-likeness (QED) is 0.458. The van der Waals surface area contributed by atoms with E-state index in [-0.39, 0.29) is 5.69 Å². The van der Waals surface area contributed by atoms with Crippen LogP contribution in [0.5, 0.6) is 0 Å². The fraction of sp³-hybridized carbons (Fsp3) is 0.455. The number of rotatable bonds is 6. The number of nitrogens with zero attached hydrogens (tertiary/aromatic N) is 1. The maximum absolute atomic E-state index is 10.5. The van der Waals surface area contributed by atoms with Crippen LogP contribution < -0.4 is 10.2 Å². The van der Waals surface area contributed by atoms with Crippen molar-refractivity contribution in [2.75, 3.05) is 32.5 Å². The largest absolute Gasteiger partial charge is 0.384 e. The third-order valence-electron chi connectivity index (χ3n) is 2.33. The van der Waals surface area contributed by atoms with E-state index in [1.165, 1.54) is 17.0 Å². The Bertz CT molecular complexity index is 396. The van der Waals surface area contributed by atoms with E-state index in [0.717, 1.165) is 25.2 Å². The summed E-state index contributed by atoms with van der Waals surface area (Å²) < 4.78 is 0. The molecule has 0 aliphatic heterocycles. The molecule has 0 radical (unpaired) electrons. The van der Waals surface area contributed by atoms with Crippen molar-refractivity contribution in [2.24, 2.45) is 0 Å². The molecule has 0 bridgehead atoms. The van der Waals surface area contributed by atoms with E-state index in [9.17, 15) is 10.1 Å². The standard InChI is InChI=1S/C11H16ClN3O2/c1-14(2)7-3-6-13-11-5-4-9(15(16)17)8-10(11)12/h4-5,8,13H,3,6-7H2,1-2H3/p+1. The Morgan fingerprint density at radius 1 is 1.47 bits per heavy atom. The number of nitro groups is 1. The van der Waals surface area contributed by atoms with E-state index in [0.29, 0.717) is 5.02 Å². The summed E-state index contributed by atoms with van der Waals surface area (Å²) in [5, 5.41) is 14.1. The van der Waals surface area contributed by atoms with Crippen molar-refractivity contribution in [2.45, 2.75) is 6.42 Å². The predicted octanol–water partition coefficient (Wildman–Crippen LogP) is 1.19. The molecule has 0 amide bonds. The highest BCUT2D eigenvalue weighted by Crippen LogP contribution is 2.26. The van der Waals surface area contributed by atoms with Crippen LogP contribution in [0.1, 0.15) is 6.42 Å². The zero-order valence-corrected chi connectivity index (χ0v) is 10.8. The van der Waals surface area contributed by atoms with E-state index in [1.807, 2.05) is 0 Å². The second-order valence-corrected chi connectivity index (χ2v) is 4.57. The van der Waals surface area contributed by atoms with Crippen molar-refractivity contribution in [1.29, 1.82) is 0 Å². The molecule has 6 heteroatoms. The van der Waals surface area contributed by atoms with Crippen LogP contribution >= 0.6 is 11.6 Å². The fourth-order valence-corrected chi connectivity index (χ4v) is 1.67. The zero-order chi connectivity index (χ0) is 12.8. The van der Waals surface area contributed by atoms with Crippen LogP contribution in [0.3, 0.4) is 0 Å². The Morgan fingerprint density at radius 3 is 2.71 bits per heavy atom. The van der Waals surface area contributed by atoms with Crippen LogP contribution in [0.4, 0.5) is 11.4 Å². The van der Waals surface area contributed by atoms with Crippen molar-refractivity contribution in [1.82, 2.24) is 0 Å². The third-order valence-corrected chi connectivity index (χ3v) is 2.65. The minimum atomic E-state index is -0.453. The topological polar surface area (TPSA) is 59.6 Å². The lowest BCUT2D eigenvalue weighted by Crippen LogP contribution is -3.05. The molecule has 0 unspecified atom stereocenters. The molecule has 0 saturated carbocycles. The average molecular weight is 259 g/mol. The first kappa shape index (κ1) is 13.7. The molecule has 94 valence electrons. The van der Waals surface area contributed by atoms with Gasteiger partial charge in [-0.3, -0.25) is 10.1 Å². The summed E-state index contributed by atoms with van der Waals surface area (Å²) in [7, 11) is 4.19. The summed E-state index contributed by atoms with van der Waals surface area (Å²) in [5.74, 6) is 0. The van der Waals surface area contributed by atoms with E-state index < -0.39 is 4.92 Å². The van der Waals surface area contributed by atoms with E-state index in [1.54, 1.807) is 6.07 Å². The number of halogens is 1. The highest BCUT2D eigenvalue weighted by Gasteiger charge is 2.08. The number of benzene rings is 1. The third kappa shape index (κ3) is 4.58. The number of anilines is 1. The SMILES string of the molecule is C[NH+](C)CCCNc1ccc([N+](=O)[O-])cc1Cl. The molecule has 0 fully saturated rings. The normalized spacial score (nSPS) is 10.6. The van der Waals surface area contributed by atoms with Gasteiger partial charge in [0.2, 0.25) is 0 Å². The van der Waals surface area contributed by atoms with Crippen LogP contribution in [-0.4, -0.2) is 32.1 Å². The Labute approximate surface area is 106 Å². The predicted molar refractivity (Wildman–Crippen MR) is 68.9 cm³/mol. The number of hydrogen-bond donors (Lipinski definition) is 2. The van der Waals surface area contributed by atoms with Gasteiger partial charge in [-0.2, -0.15) is 0 Å². The molecule has 17 heavy (non-hydrogen) atoms. The second-order valence-electron chi connectivity index (χ2n) is 4.16. The van der Waals surface area contributed by atoms with Crippen LogP contribution in [0.15, 0.2) is 18.2 Å². The number of hydrogen-bond acceptors (Lipinski definition) is 3. The molecule has 0 aliphatic carbocycles. The monoisotopic (exact) mass is 258 g/mol. The maximum Gasteiger partial charge on any atom is 0.271 e. The first-order valence-electron chi connectivity index (χ1n) is 5.47. The summed E-state index contributed by atoms with van der Waals surface area (Å²) in [4.78, 5) is 11.5. The van der Waals surface area contributed by atoms with Gasteiger partial charge in [-0.05, 0) is 6.07 Å². The summed E-state index contributed by atoms with van der Waals surface area (Å²) in [6.45, 7) is 1.88. The summed E-state index contributed by atoms with van der Waals surface area (Å²) in [5.41, 5.74) is 0.754. The Morgan fingerprint density at radius 2 is 2.18 bits per heavy atom. The highest BCUT2D eigenvalue weighted by molar-refractivity contribution is 6.33. The van der Waals surface area contributed by atoms with Gasteiger partial charge in [-0.15, -0.1) is 0 Å². The molecule has 0 spiro atoms. The van der Waals surface area contributed by atoms with Crippen LogP contribution in [-0.2, 0) is 0 Å². The van der Waals surface area contributed by atoms with Crippen LogP contribution in [0, 0.1) is 10.1 Å². The Balaban J connectivity index is 2.52. The van der Waals surface area contributed by atoms with E-state index in [4.69, 9.17) is 11.6 Å². The van der Waals surface area contributed by atoms with Crippen molar-refractivity contribution in [3.05, 3.63) is 33.3 Å². The molecule has 0 aliphatic rings. The molecular weight excluding hydrogens is 242 g/mol. The van der Waals surface area contributed by atoms with Crippen molar-refractivity contribution in [3.8, 4) is 0 Å². The molecule has 1 aromatic rings. The van der Waals surface area contributed by atoms with Gasteiger partial charge in [-0.1, -0.05) is 11.6 Å². The summed E-state index contributed by atoms with van der Waals surface area (Å²) in [6, 6.07) is 4.45. The Hall–Kier alpha value is -1.33. The van der Waals surface area contributed by atoms with E-state index >= 15 is 0 Å². The number of nitro benzene ring substituents is 1. The zero-order valence-electron chi connectivity index (χ0n) is 10.00. The molecule has 0 atom stereocenters. The van der Waals surface area contributed by atoms with Gasteiger partial charge in [0.25, 0.3) is 5.69 Å². The second kappa shape index (κ2) is 6.42. The average Bonchev–Trinajstić information content (AvgIpc) is 2.25. The Kier molecular flexibility index (Phi) is 5.18. The van der Waals surface area contributed by atoms with Crippen LogP contribution in [0.25, 0.3) is 0 Å². The maximum atomic E-state index is 10.5. The molecule has 0 heterocycles. The van der Waals surface area contributed by atoms with Gasteiger partial charge in [0.15, 0.2) is 0 Å². The molecular formula is C11H17ClN3O2+. The van der Waals surface area contributed by atoms with Gasteiger partial charge in [0.05, 0.1) is 36.3 Å². The first-order chi connectivity index (χ1) is 8.00. The number of nitrogens with one attached hydrogen (secondary N) is 2. The fourth-order valence-electron chi connectivity index (χ4n) is 1.43. The number of quaternary nitrogens is 1. The lowest BCUT2D eigenvalue weighted by Gasteiger charge is -2.09.